The van der Waals surface area contributed by atoms with E-state index in [2.05, 4.69) is 34.6 Å². The van der Waals surface area contributed by atoms with E-state index in [0.717, 1.165) is 50.5 Å². The third kappa shape index (κ3) is 3.98. The van der Waals surface area contributed by atoms with Crippen LogP contribution in [0.25, 0.3) is 0 Å². The van der Waals surface area contributed by atoms with Gasteiger partial charge in [0.1, 0.15) is 0 Å². The topological polar surface area (TPSA) is 41.4 Å². The fourth-order valence-electron chi connectivity index (χ4n) is 2.20. The number of hydrogen-bond acceptors (Lipinski definition) is 5. The predicted octanol–water partition coefficient (Wildman–Crippen LogP) is 0.705. The summed E-state index contributed by atoms with van der Waals surface area (Å²) in [7, 11) is 2.12. The Labute approximate surface area is 119 Å². The van der Waals surface area contributed by atoms with E-state index in [-0.39, 0.29) is 5.56 Å². The molecule has 0 bridgehead atoms. The quantitative estimate of drug-likeness (QED) is 0.638. The first-order valence-electron chi connectivity index (χ1n) is 6.82. The number of likely N-dealkylation sites (N-methyl/N-ethyl adjacent to an activating group) is 1. The molecule has 6 heteroatoms. The molecule has 0 radical (unpaired) electrons. The summed E-state index contributed by atoms with van der Waals surface area (Å²) in [5.74, 6) is 0.855. The van der Waals surface area contributed by atoms with Gasteiger partial charge in [-0.25, -0.2) is 4.68 Å². The zero-order valence-electron chi connectivity index (χ0n) is 11.5. The van der Waals surface area contributed by atoms with E-state index in [9.17, 15) is 4.79 Å². The minimum Gasteiger partial charge on any atom is -0.368 e. The zero-order chi connectivity index (χ0) is 13.7. The van der Waals surface area contributed by atoms with Gasteiger partial charge in [-0.2, -0.15) is 17.7 Å². The Morgan fingerprint density at radius 2 is 2.00 bits per heavy atom. The summed E-state index contributed by atoms with van der Waals surface area (Å²) < 4.78 is 1.54. The highest BCUT2D eigenvalue weighted by atomic mass is 32.1. The minimum atomic E-state index is -0.00408. The average Bonchev–Trinajstić information content (AvgIpc) is 2.42. The fourth-order valence-corrected chi connectivity index (χ4v) is 2.43. The van der Waals surface area contributed by atoms with Gasteiger partial charge < -0.3 is 9.80 Å². The van der Waals surface area contributed by atoms with Crippen molar-refractivity contribution >= 4 is 18.3 Å². The Balaban J connectivity index is 2.00. The molecule has 5 nitrogen and oxygen atoms in total. The van der Waals surface area contributed by atoms with E-state index >= 15 is 0 Å². The first-order chi connectivity index (χ1) is 9.20. The van der Waals surface area contributed by atoms with Crippen molar-refractivity contribution in [1.29, 1.82) is 0 Å². The van der Waals surface area contributed by atoms with Crippen molar-refractivity contribution in [2.75, 3.05) is 43.9 Å². The molecular weight excluding hydrogens is 260 g/mol. The Morgan fingerprint density at radius 1 is 1.26 bits per heavy atom. The van der Waals surface area contributed by atoms with Crippen LogP contribution < -0.4 is 10.5 Å². The second-order valence-corrected chi connectivity index (χ2v) is 5.44. The fraction of sp³-hybridized carbons (Fsp3) is 0.692. The molecule has 1 fully saturated rings. The largest absolute Gasteiger partial charge is 0.368 e. The molecule has 0 atom stereocenters. The molecule has 0 amide bonds. The van der Waals surface area contributed by atoms with Crippen molar-refractivity contribution in [3.8, 4) is 0 Å². The van der Waals surface area contributed by atoms with Gasteiger partial charge in [-0.05, 0) is 25.6 Å². The average molecular weight is 282 g/mol. The van der Waals surface area contributed by atoms with Gasteiger partial charge in [0.25, 0.3) is 5.56 Å². The van der Waals surface area contributed by atoms with Crippen molar-refractivity contribution < 1.29 is 0 Å². The molecule has 1 aromatic rings. The summed E-state index contributed by atoms with van der Waals surface area (Å²) in [6, 6.07) is 1.71. The summed E-state index contributed by atoms with van der Waals surface area (Å²) in [6.45, 7) is 4.67. The van der Waals surface area contributed by atoms with Crippen LogP contribution in [-0.4, -0.2) is 53.7 Å². The molecule has 1 aliphatic rings. The van der Waals surface area contributed by atoms with Crippen molar-refractivity contribution in [1.82, 2.24) is 14.7 Å². The molecule has 0 aliphatic carbocycles. The molecule has 0 saturated carbocycles. The Morgan fingerprint density at radius 3 is 2.63 bits per heavy atom. The second kappa shape index (κ2) is 6.96. The Bertz CT molecular complexity index is 454. The van der Waals surface area contributed by atoms with E-state index in [1.807, 2.05) is 6.20 Å². The van der Waals surface area contributed by atoms with E-state index in [1.54, 1.807) is 10.7 Å². The van der Waals surface area contributed by atoms with Crippen LogP contribution in [0.3, 0.4) is 0 Å². The lowest BCUT2D eigenvalue weighted by molar-refractivity contribution is 0.312. The van der Waals surface area contributed by atoms with E-state index in [0.29, 0.717) is 6.54 Å². The van der Waals surface area contributed by atoms with Gasteiger partial charge >= 0.3 is 0 Å². The molecule has 1 aliphatic heterocycles. The molecule has 0 spiro atoms. The number of piperazine rings is 1. The SMILES string of the molecule is CN1CCN(c2cnn(CCCCS)c(=O)c2)CC1. The lowest BCUT2D eigenvalue weighted by Gasteiger charge is -2.33. The molecule has 19 heavy (non-hydrogen) atoms. The predicted molar refractivity (Wildman–Crippen MR) is 81.3 cm³/mol. The number of thiol groups is 1. The molecule has 0 aromatic carbocycles. The van der Waals surface area contributed by atoms with Crippen LogP contribution in [0.1, 0.15) is 12.8 Å². The molecule has 1 saturated heterocycles. The highest BCUT2D eigenvalue weighted by Crippen LogP contribution is 2.12. The van der Waals surface area contributed by atoms with E-state index < -0.39 is 0 Å². The molecule has 0 N–H and O–H groups in total. The Kier molecular flexibility index (Phi) is 5.27. The number of hydrogen-bond donors (Lipinski definition) is 1. The molecular formula is C13H22N4OS. The highest BCUT2D eigenvalue weighted by Gasteiger charge is 2.15. The monoisotopic (exact) mass is 282 g/mol. The number of rotatable bonds is 5. The summed E-state index contributed by atoms with van der Waals surface area (Å²) in [5.41, 5.74) is 0.944. The van der Waals surface area contributed by atoms with Gasteiger partial charge in [0.15, 0.2) is 0 Å². The van der Waals surface area contributed by atoms with Crippen LogP contribution in [0.4, 0.5) is 5.69 Å². The number of unbranched alkanes of at least 4 members (excludes halogenated alkanes) is 1. The Hall–Kier alpha value is -1.01. The maximum Gasteiger partial charge on any atom is 0.268 e. The number of anilines is 1. The van der Waals surface area contributed by atoms with Gasteiger partial charge in [-0.3, -0.25) is 4.79 Å². The van der Waals surface area contributed by atoms with E-state index in [1.165, 1.54) is 0 Å². The maximum absolute atomic E-state index is 12.0. The molecule has 2 heterocycles. The molecule has 0 unspecified atom stereocenters. The summed E-state index contributed by atoms with van der Waals surface area (Å²) in [5, 5.41) is 4.27. The highest BCUT2D eigenvalue weighted by molar-refractivity contribution is 7.80. The zero-order valence-corrected chi connectivity index (χ0v) is 12.4. The minimum absolute atomic E-state index is 0.00408. The van der Waals surface area contributed by atoms with Crippen LogP contribution in [0.5, 0.6) is 0 Å². The normalized spacial score (nSPS) is 16.8. The van der Waals surface area contributed by atoms with Gasteiger partial charge in [0.2, 0.25) is 0 Å². The van der Waals surface area contributed by atoms with Gasteiger partial charge in [0.05, 0.1) is 11.9 Å². The third-order valence-electron chi connectivity index (χ3n) is 3.50. The maximum atomic E-state index is 12.0. The van der Waals surface area contributed by atoms with Gasteiger partial charge in [-0.15, -0.1) is 0 Å². The van der Waals surface area contributed by atoms with Gasteiger partial charge in [-0.1, -0.05) is 0 Å². The van der Waals surface area contributed by atoms with Crippen LogP contribution in [0, 0.1) is 0 Å². The third-order valence-corrected chi connectivity index (χ3v) is 3.82. The standard InChI is InChI=1S/C13H22N4OS/c1-15-5-7-16(8-6-15)12-10-13(18)17(14-11-12)4-2-3-9-19/h10-11,19H,2-9H2,1H3. The molecule has 2 rings (SSSR count). The first-order valence-corrected chi connectivity index (χ1v) is 7.45. The van der Waals surface area contributed by atoms with Crippen molar-refractivity contribution in [2.45, 2.75) is 19.4 Å². The second-order valence-electron chi connectivity index (χ2n) is 5.00. The van der Waals surface area contributed by atoms with Crippen molar-refractivity contribution in [3.63, 3.8) is 0 Å². The van der Waals surface area contributed by atoms with Crippen LogP contribution >= 0.6 is 12.6 Å². The van der Waals surface area contributed by atoms with Gasteiger partial charge in [0, 0.05) is 38.8 Å². The lowest BCUT2D eigenvalue weighted by Crippen LogP contribution is -2.45. The van der Waals surface area contributed by atoms with Crippen molar-refractivity contribution in [2.24, 2.45) is 0 Å². The van der Waals surface area contributed by atoms with E-state index in [4.69, 9.17) is 0 Å². The van der Waals surface area contributed by atoms with Crippen LogP contribution in [0.15, 0.2) is 17.1 Å². The lowest BCUT2D eigenvalue weighted by atomic mass is 10.3. The smallest absolute Gasteiger partial charge is 0.268 e. The molecule has 1 aromatic heterocycles. The van der Waals surface area contributed by atoms with Crippen molar-refractivity contribution in [3.05, 3.63) is 22.6 Å². The number of nitrogens with zero attached hydrogens (tertiary/aromatic N) is 4. The van der Waals surface area contributed by atoms with Crippen LogP contribution in [0.2, 0.25) is 0 Å². The summed E-state index contributed by atoms with van der Waals surface area (Å²) in [4.78, 5) is 16.5. The number of aryl methyl sites for hydroxylation is 1. The van der Waals surface area contributed by atoms with Crippen LogP contribution in [-0.2, 0) is 6.54 Å². The summed E-state index contributed by atoms with van der Waals surface area (Å²) in [6.07, 6.45) is 3.77. The number of aromatic nitrogens is 2. The molecule has 106 valence electrons. The summed E-state index contributed by atoms with van der Waals surface area (Å²) >= 11 is 4.17. The first kappa shape index (κ1) is 14.4.